The normalized spacial score (nSPS) is 10.9. The van der Waals surface area contributed by atoms with E-state index >= 15 is 0 Å². The van der Waals surface area contributed by atoms with Crippen LogP contribution in [0.15, 0.2) is 60.8 Å². The van der Waals surface area contributed by atoms with Crippen LogP contribution in [-0.2, 0) is 13.3 Å². The number of hydrogen-bond acceptors (Lipinski definition) is 4. The molecule has 8 heteroatoms. The molecule has 0 aliphatic heterocycles. The van der Waals surface area contributed by atoms with Gasteiger partial charge in [-0.3, -0.25) is 4.79 Å². The van der Waals surface area contributed by atoms with Crippen LogP contribution >= 0.6 is 11.6 Å². The summed E-state index contributed by atoms with van der Waals surface area (Å²) in [7, 11) is 0. The molecule has 0 aliphatic carbocycles. The van der Waals surface area contributed by atoms with Crippen molar-refractivity contribution < 1.29 is 9.53 Å². The van der Waals surface area contributed by atoms with Crippen molar-refractivity contribution in [3.63, 3.8) is 0 Å². The zero-order chi connectivity index (χ0) is 22.7. The molecule has 1 N–H and O–H groups in total. The maximum atomic E-state index is 12.6. The molecule has 0 unspecified atom stereocenters. The van der Waals surface area contributed by atoms with Crippen molar-refractivity contribution in [2.45, 2.75) is 34.0 Å². The molecule has 0 atom stereocenters. The Kier molecular flexibility index (Phi) is 6.28. The molecule has 164 valence electrons. The summed E-state index contributed by atoms with van der Waals surface area (Å²) in [5.41, 5.74) is 5.20. The molecule has 2 aromatic heterocycles. The van der Waals surface area contributed by atoms with Crippen LogP contribution < -0.4 is 10.1 Å². The van der Waals surface area contributed by atoms with Gasteiger partial charge in [-0.25, -0.2) is 9.36 Å². The highest BCUT2D eigenvalue weighted by molar-refractivity contribution is 6.32. The largest absolute Gasteiger partial charge is 0.470 e. The molecule has 7 nitrogen and oxygen atoms in total. The topological polar surface area (TPSA) is 74.0 Å². The quantitative estimate of drug-likeness (QED) is 0.447. The second kappa shape index (κ2) is 9.28. The maximum Gasteiger partial charge on any atom is 0.272 e. The molecule has 0 spiro atoms. The fraction of sp³-hybridized carbons (Fsp3) is 0.208. The van der Waals surface area contributed by atoms with Crippen LogP contribution in [0.4, 0.5) is 0 Å². The van der Waals surface area contributed by atoms with Gasteiger partial charge in [-0.2, -0.15) is 10.2 Å². The summed E-state index contributed by atoms with van der Waals surface area (Å²) in [5, 5.41) is 12.4. The number of aryl methyl sites for hydroxylation is 2. The average molecular weight is 450 g/mol. The van der Waals surface area contributed by atoms with Crippen LogP contribution in [0, 0.1) is 20.8 Å². The Balaban J connectivity index is 1.39. The second-order valence-electron chi connectivity index (χ2n) is 7.53. The van der Waals surface area contributed by atoms with Gasteiger partial charge >= 0.3 is 0 Å². The SMILES string of the molecule is Cc1ccc(Cl)c(OCn2ccc(C(=O)NCc3c(C)nn(-c4ccccc4)c3C)n2)c1. The number of halogens is 1. The molecule has 2 heterocycles. The number of para-hydroxylation sites is 1. The lowest BCUT2D eigenvalue weighted by Gasteiger charge is -2.09. The van der Waals surface area contributed by atoms with Crippen LogP contribution in [0.5, 0.6) is 5.75 Å². The van der Waals surface area contributed by atoms with Gasteiger partial charge in [0, 0.05) is 24.0 Å². The van der Waals surface area contributed by atoms with Crippen LogP contribution in [0.25, 0.3) is 5.69 Å². The molecule has 0 radical (unpaired) electrons. The summed E-state index contributed by atoms with van der Waals surface area (Å²) in [6.07, 6.45) is 1.70. The Morgan fingerprint density at radius 1 is 1.06 bits per heavy atom. The first-order chi connectivity index (χ1) is 15.4. The van der Waals surface area contributed by atoms with Crippen LogP contribution in [0.2, 0.25) is 5.02 Å². The molecule has 1 amide bonds. The average Bonchev–Trinajstić information content (AvgIpc) is 3.38. The summed E-state index contributed by atoms with van der Waals surface area (Å²) in [6, 6.07) is 17.1. The van der Waals surface area contributed by atoms with E-state index in [1.807, 2.05) is 67.9 Å². The Bertz CT molecular complexity index is 1250. The number of nitrogens with one attached hydrogen (secondary N) is 1. The number of aromatic nitrogens is 4. The van der Waals surface area contributed by atoms with Crippen molar-refractivity contribution in [2.24, 2.45) is 0 Å². The first kappa shape index (κ1) is 21.6. The van der Waals surface area contributed by atoms with E-state index in [1.54, 1.807) is 23.0 Å². The third-order valence-corrected chi connectivity index (χ3v) is 5.49. The standard InChI is InChI=1S/C24H24ClN5O2/c1-16-9-10-21(25)23(13-16)32-15-29-12-11-22(28-29)24(31)26-14-20-17(2)27-30(18(20)3)19-7-5-4-6-8-19/h4-13H,14-15H2,1-3H3,(H,26,31). The highest BCUT2D eigenvalue weighted by Crippen LogP contribution is 2.25. The van der Waals surface area contributed by atoms with Crippen molar-refractivity contribution in [3.8, 4) is 11.4 Å². The molecule has 0 saturated carbocycles. The summed E-state index contributed by atoms with van der Waals surface area (Å²) in [6.45, 7) is 6.42. The Labute approximate surface area is 191 Å². The van der Waals surface area contributed by atoms with Gasteiger partial charge in [0.15, 0.2) is 6.73 Å². The summed E-state index contributed by atoms with van der Waals surface area (Å²) in [5.74, 6) is 0.318. The lowest BCUT2D eigenvalue weighted by Crippen LogP contribution is -2.24. The highest BCUT2D eigenvalue weighted by atomic mass is 35.5. The highest BCUT2D eigenvalue weighted by Gasteiger charge is 2.15. The minimum absolute atomic E-state index is 0.151. The van der Waals surface area contributed by atoms with Gasteiger partial charge in [-0.15, -0.1) is 0 Å². The second-order valence-corrected chi connectivity index (χ2v) is 7.93. The third kappa shape index (κ3) is 4.68. The van der Waals surface area contributed by atoms with E-state index in [9.17, 15) is 4.79 Å². The van der Waals surface area contributed by atoms with Crippen LogP contribution in [0.1, 0.15) is 33.0 Å². The molecule has 4 rings (SSSR count). The van der Waals surface area contributed by atoms with E-state index < -0.39 is 0 Å². The molecular weight excluding hydrogens is 426 g/mol. The van der Waals surface area contributed by atoms with E-state index in [1.165, 1.54) is 0 Å². The first-order valence-electron chi connectivity index (χ1n) is 10.2. The molecular formula is C24H24ClN5O2. The number of rotatable bonds is 7. The summed E-state index contributed by atoms with van der Waals surface area (Å²) < 4.78 is 9.17. The zero-order valence-corrected chi connectivity index (χ0v) is 18.9. The molecule has 4 aromatic rings. The van der Waals surface area contributed by atoms with Crippen molar-refractivity contribution in [1.29, 1.82) is 0 Å². The van der Waals surface area contributed by atoms with Gasteiger partial charge in [0.2, 0.25) is 0 Å². The van der Waals surface area contributed by atoms with Crippen molar-refractivity contribution >= 4 is 17.5 Å². The van der Waals surface area contributed by atoms with Gasteiger partial charge < -0.3 is 10.1 Å². The number of ether oxygens (including phenoxy) is 1. The van der Waals surface area contributed by atoms with E-state index in [2.05, 4.69) is 15.5 Å². The predicted molar refractivity (Wildman–Crippen MR) is 123 cm³/mol. The van der Waals surface area contributed by atoms with Gasteiger partial charge in [0.1, 0.15) is 11.4 Å². The molecule has 0 aliphatic rings. The Hall–Kier alpha value is -3.58. The van der Waals surface area contributed by atoms with Crippen molar-refractivity contribution in [1.82, 2.24) is 24.9 Å². The third-order valence-electron chi connectivity index (χ3n) is 5.18. The summed E-state index contributed by atoms with van der Waals surface area (Å²) >= 11 is 6.16. The predicted octanol–water partition coefficient (Wildman–Crippen LogP) is 4.61. The van der Waals surface area contributed by atoms with E-state index in [0.717, 1.165) is 28.2 Å². The first-order valence-corrected chi connectivity index (χ1v) is 10.6. The Morgan fingerprint density at radius 3 is 2.62 bits per heavy atom. The smallest absolute Gasteiger partial charge is 0.272 e. The minimum Gasteiger partial charge on any atom is -0.470 e. The van der Waals surface area contributed by atoms with Crippen LogP contribution in [0.3, 0.4) is 0 Å². The minimum atomic E-state index is -0.261. The van der Waals surface area contributed by atoms with Crippen molar-refractivity contribution in [3.05, 3.63) is 94.0 Å². The van der Waals surface area contributed by atoms with Gasteiger partial charge in [0.05, 0.1) is 16.4 Å². The molecule has 2 aromatic carbocycles. The van der Waals surface area contributed by atoms with Crippen LogP contribution in [-0.4, -0.2) is 25.5 Å². The van der Waals surface area contributed by atoms with Gasteiger partial charge in [-0.05, 0) is 56.7 Å². The fourth-order valence-corrected chi connectivity index (χ4v) is 3.59. The lowest BCUT2D eigenvalue weighted by molar-refractivity contribution is 0.0943. The van der Waals surface area contributed by atoms with Gasteiger partial charge in [-0.1, -0.05) is 35.9 Å². The lowest BCUT2D eigenvalue weighted by atomic mass is 10.2. The maximum absolute atomic E-state index is 12.6. The molecule has 32 heavy (non-hydrogen) atoms. The van der Waals surface area contributed by atoms with Crippen molar-refractivity contribution in [2.75, 3.05) is 0 Å². The molecule has 0 bridgehead atoms. The summed E-state index contributed by atoms with van der Waals surface area (Å²) in [4.78, 5) is 12.6. The zero-order valence-electron chi connectivity index (χ0n) is 18.2. The number of amides is 1. The fourth-order valence-electron chi connectivity index (χ4n) is 3.42. The van der Waals surface area contributed by atoms with E-state index in [4.69, 9.17) is 16.3 Å². The Morgan fingerprint density at radius 2 is 1.84 bits per heavy atom. The number of carbonyl (C=O) groups excluding carboxylic acids is 1. The molecule has 0 saturated heterocycles. The monoisotopic (exact) mass is 449 g/mol. The number of carbonyl (C=O) groups is 1. The molecule has 0 fully saturated rings. The van der Waals surface area contributed by atoms with E-state index in [0.29, 0.717) is 23.0 Å². The number of nitrogens with zero attached hydrogens (tertiary/aromatic N) is 4. The van der Waals surface area contributed by atoms with E-state index in [-0.39, 0.29) is 12.6 Å². The van der Waals surface area contributed by atoms with Gasteiger partial charge in [0.25, 0.3) is 5.91 Å². The number of hydrogen-bond donors (Lipinski definition) is 1. The number of benzene rings is 2.